The van der Waals surface area contributed by atoms with Crippen LogP contribution in [0, 0.1) is 13.8 Å². The van der Waals surface area contributed by atoms with E-state index < -0.39 is 0 Å². The molecule has 1 aliphatic rings. The van der Waals surface area contributed by atoms with Gasteiger partial charge in [0, 0.05) is 54.9 Å². The summed E-state index contributed by atoms with van der Waals surface area (Å²) in [5.74, 6) is 0.664. The summed E-state index contributed by atoms with van der Waals surface area (Å²) in [7, 11) is 1.61. The minimum atomic E-state index is 0.0201. The van der Waals surface area contributed by atoms with Crippen molar-refractivity contribution in [3.63, 3.8) is 0 Å². The number of aryl methyl sites for hydroxylation is 1. The monoisotopic (exact) mass is 487 g/mol. The molecule has 1 aromatic carbocycles. The molecule has 3 heterocycles. The fourth-order valence-electron chi connectivity index (χ4n) is 4.10. The largest absolute Gasteiger partial charge is 0.495 e. The van der Waals surface area contributed by atoms with Gasteiger partial charge in [-0.1, -0.05) is 23.2 Å². The van der Waals surface area contributed by atoms with Gasteiger partial charge in [-0.25, -0.2) is 0 Å². The van der Waals surface area contributed by atoms with E-state index in [9.17, 15) is 4.79 Å². The molecule has 9 heteroatoms. The fraction of sp³-hybridized carbons (Fsp3) is 0.375. The highest BCUT2D eigenvalue weighted by Gasteiger charge is 2.29. The first-order valence-electron chi connectivity index (χ1n) is 10.8. The number of piperazine rings is 1. The zero-order chi connectivity index (χ0) is 23.7. The molecule has 33 heavy (non-hydrogen) atoms. The number of hydrogen-bond donors (Lipinski definition) is 0. The minimum absolute atomic E-state index is 0.0201. The number of rotatable bonds is 5. The normalized spacial score (nSPS) is 16.2. The Balaban J connectivity index is 1.45. The number of ether oxygens (including phenoxy) is 1. The van der Waals surface area contributed by atoms with Crippen LogP contribution in [0.25, 0.3) is 11.3 Å². The molecule has 0 radical (unpaired) electrons. The Morgan fingerprint density at radius 3 is 2.64 bits per heavy atom. The van der Waals surface area contributed by atoms with Crippen molar-refractivity contribution in [3.8, 4) is 17.0 Å². The third-order valence-corrected chi connectivity index (χ3v) is 6.82. The molecule has 2 aromatic heterocycles. The zero-order valence-electron chi connectivity index (χ0n) is 19.2. The van der Waals surface area contributed by atoms with Gasteiger partial charge in [-0.15, -0.1) is 0 Å². The van der Waals surface area contributed by atoms with Crippen LogP contribution in [0.1, 0.15) is 18.3 Å². The lowest BCUT2D eigenvalue weighted by Crippen LogP contribution is -2.54. The first kappa shape index (κ1) is 23.4. The summed E-state index contributed by atoms with van der Waals surface area (Å²) in [6.07, 6.45) is 1.75. The molecule has 1 fully saturated rings. The Morgan fingerprint density at radius 1 is 1.18 bits per heavy atom. The number of aromatic nitrogens is 3. The molecular formula is C24H27Cl2N5O2. The first-order valence-corrected chi connectivity index (χ1v) is 11.6. The summed E-state index contributed by atoms with van der Waals surface area (Å²) in [4.78, 5) is 21.6. The summed E-state index contributed by atoms with van der Waals surface area (Å²) in [5, 5.41) is 5.74. The summed E-state index contributed by atoms with van der Waals surface area (Å²) < 4.78 is 7.03. The maximum atomic E-state index is 13.2. The highest BCUT2D eigenvalue weighted by atomic mass is 35.5. The van der Waals surface area contributed by atoms with Crippen molar-refractivity contribution in [2.24, 2.45) is 0 Å². The van der Waals surface area contributed by atoms with Crippen LogP contribution in [-0.2, 0) is 11.3 Å². The molecule has 0 bridgehead atoms. The molecule has 0 saturated carbocycles. The molecular weight excluding hydrogens is 461 g/mol. The van der Waals surface area contributed by atoms with E-state index in [0.29, 0.717) is 28.0 Å². The van der Waals surface area contributed by atoms with Gasteiger partial charge < -0.3 is 14.5 Å². The van der Waals surface area contributed by atoms with Gasteiger partial charge in [0.2, 0.25) is 5.91 Å². The lowest BCUT2D eigenvalue weighted by molar-refractivity contribution is -0.134. The lowest BCUT2D eigenvalue weighted by Gasteiger charge is -2.41. The number of benzene rings is 1. The predicted octanol–water partition coefficient (Wildman–Crippen LogP) is 4.61. The highest BCUT2D eigenvalue weighted by molar-refractivity contribution is 6.33. The molecule has 174 valence electrons. The Labute approximate surface area is 203 Å². The lowest BCUT2D eigenvalue weighted by atomic mass is 10.1. The van der Waals surface area contributed by atoms with Crippen LogP contribution in [0.15, 0.2) is 36.5 Å². The number of methoxy groups -OCH3 is 1. The number of pyridine rings is 1. The molecule has 1 aliphatic heterocycles. The van der Waals surface area contributed by atoms with Crippen LogP contribution < -0.4 is 9.64 Å². The topological polar surface area (TPSA) is 63.5 Å². The molecule has 1 amide bonds. The van der Waals surface area contributed by atoms with Gasteiger partial charge in [-0.2, -0.15) is 5.10 Å². The summed E-state index contributed by atoms with van der Waals surface area (Å²) in [6, 6.07) is 9.65. The Hall–Kier alpha value is -2.77. The molecule has 0 N–H and O–H groups in total. The van der Waals surface area contributed by atoms with Gasteiger partial charge in [0.15, 0.2) is 0 Å². The summed E-state index contributed by atoms with van der Waals surface area (Å²) >= 11 is 12.7. The van der Waals surface area contributed by atoms with E-state index in [2.05, 4.69) is 21.9 Å². The number of carbonyl (C=O) groups is 1. The van der Waals surface area contributed by atoms with Gasteiger partial charge in [0.05, 0.1) is 22.8 Å². The molecule has 3 aromatic rings. The summed E-state index contributed by atoms with van der Waals surface area (Å²) in [5.41, 5.74) is 4.19. The Bertz CT molecular complexity index is 1160. The van der Waals surface area contributed by atoms with Crippen molar-refractivity contribution >= 4 is 34.8 Å². The SMILES string of the molecule is COc1cc(N2CCN(C(=O)Cn3nc(-c4ccc(C)nc4)c(Cl)c3C)C(C)C2)ccc1Cl. The second-order valence-corrected chi connectivity index (χ2v) is 9.08. The van der Waals surface area contributed by atoms with Crippen LogP contribution in [0.3, 0.4) is 0 Å². The van der Waals surface area contributed by atoms with Crippen molar-refractivity contribution in [2.45, 2.75) is 33.4 Å². The summed E-state index contributed by atoms with van der Waals surface area (Å²) in [6.45, 7) is 8.07. The minimum Gasteiger partial charge on any atom is -0.495 e. The third kappa shape index (κ3) is 4.80. The van der Waals surface area contributed by atoms with E-state index in [1.807, 2.05) is 49.1 Å². The van der Waals surface area contributed by atoms with Gasteiger partial charge in [-0.3, -0.25) is 14.5 Å². The van der Waals surface area contributed by atoms with Crippen LogP contribution >= 0.6 is 23.2 Å². The van der Waals surface area contributed by atoms with Crippen LogP contribution in [0.5, 0.6) is 5.75 Å². The average Bonchev–Trinajstić information content (AvgIpc) is 3.08. The Kier molecular flexibility index (Phi) is 6.81. The number of hydrogen-bond acceptors (Lipinski definition) is 5. The average molecular weight is 488 g/mol. The molecule has 0 spiro atoms. The number of anilines is 1. The van der Waals surface area contributed by atoms with Crippen molar-refractivity contribution < 1.29 is 9.53 Å². The van der Waals surface area contributed by atoms with Crippen LogP contribution in [0.4, 0.5) is 5.69 Å². The second-order valence-electron chi connectivity index (χ2n) is 8.29. The smallest absolute Gasteiger partial charge is 0.244 e. The molecule has 4 rings (SSSR count). The maximum Gasteiger partial charge on any atom is 0.244 e. The van der Waals surface area contributed by atoms with E-state index in [1.165, 1.54) is 0 Å². The van der Waals surface area contributed by atoms with Gasteiger partial charge in [-0.05, 0) is 45.0 Å². The number of nitrogens with zero attached hydrogens (tertiary/aromatic N) is 5. The van der Waals surface area contributed by atoms with Crippen molar-refractivity contribution in [3.05, 3.63) is 58.0 Å². The first-order chi connectivity index (χ1) is 15.8. The molecule has 1 atom stereocenters. The maximum absolute atomic E-state index is 13.2. The third-order valence-electron chi connectivity index (χ3n) is 6.05. The van der Waals surface area contributed by atoms with E-state index in [0.717, 1.165) is 35.7 Å². The van der Waals surface area contributed by atoms with E-state index >= 15 is 0 Å². The number of halogens is 2. The van der Waals surface area contributed by atoms with Crippen molar-refractivity contribution in [1.82, 2.24) is 19.7 Å². The number of carbonyl (C=O) groups excluding carboxylic acids is 1. The fourth-order valence-corrected chi connectivity index (χ4v) is 4.54. The van der Waals surface area contributed by atoms with Crippen molar-refractivity contribution in [2.75, 3.05) is 31.6 Å². The van der Waals surface area contributed by atoms with Crippen LogP contribution in [-0.4, -0.2) is 58.4 Å². The van der Waals surface area contributed by atoms with Gasteiger partial charge in [0.1, 0.15) is 18.0 Å². The molecule has 1 unspecified atom stereocenters. The standard InChI is InChI=1S/C24H27Cl2N5O2/c1-15-5-6-18(12-27-15)24-23(26)17(3)31(28-24)14-22(32)30-10-9-29(13-16(30)2)19-7-8-20(25)21(11-19)33-4/h5-8,11-12,16H,9-10,13-14H2,1-4H3. The van der Waals surface area contributed by atoms with Crippen molar-refractivity contribution in [1.29, 1.82) is 0 Å². The Morgan fingerprint density at radius 2 is 1.97 bits per heavy atom. The quantitative estimate of drug-likeness (QED) is 0.525. The molecule has 1 saturated heterocycles. The van der Waals surface area contributed by atoms with Crippen LogP contribution in [0.2, 0.25) is 10.0 Å². The molecule has 7 nitrogen and oxygen atoms in total. The predicted molar refractivity (Wildman–Crippen MR) is 131 cm³/mol. The van der Waals surface area contributed by atoms with E-state index in [4.69, 9.17) is 27.9 Å². The highest BCUT2D eigenvalue weighted by Crippen LogP contribution is 2.31. The van der Waals surface area contributed by atoms with Gasteiger partial charge in [0.25, 0.3) is 0 Å². The van der Waals surface area contributed by atoms with E-state index in [-0.39, 0.29) is 18.5 Å². The number of amides is 1. The zero-order valence-corrected chi connectivity index (χ0v) is 20.7. The van der Waals surface area contributed by atoms with Gasteiger partial charge >= 0.3 is 0 Å². The second kappa shape index (κ2) is 9.61. The van der Waals surface area contributed by atoms with E-state index in [1.54, 1.807) is 18.0 Å². The molecule has 0 aliphatic carbocycles.